The standard InChI is InChI=1S/C20H22Cl2N2O3S/c21-17-5-4-6-18(20(17)22)23-19(25)12-9-15-7-10-16(11-8-15)28(26,27)24-13-2-1-3-14-24/h4-8,10-11H,1-3,9,12-14H2,(H,23,25). The highest BCUT2D eigenvalue weighted by atomic mass is 35.5. The summed E-state index contributed by atoms with van der Waals surface area (Å²) in [7, 11) is -3.43. The highest BCUT2D eigenvalue weighted by Crippen LogP contribution is 2.29. The molecule has 5 nitrogen and oxygen atoms in total. The maximum absolute atomic E-state index is 12.7. The van der Waals surface area contributed by atoms with E-state index in [1.807, 2.05) is 0 Å². The Morgan fingerprint density at radius 2 is 1.68 bits per heavy atom. The number of piperidine rings is 1. The number of carbonyl (C=O) groups excluding carboxylic acids is 1. The molecule has 0 spiro atoms. The SMILES string of the molecule is O=C(CCc1ccc(S(=O)(=O)N2CCCCC2)cc1)Nc1cccc(Cl)c1Cl. The van der Waals surface area contributed by atoms with Crippen LogP contribution in [0.15, 0.2) is 47.4 Å². The van der Waals surface area contributed by atoms with Crippen LogP contribution in [0.3, 0.4) is 0 Å². The van der Waals surface area contributed by atoms with E-state index >= 15 is 0 Å². The number of carbonyl (C=O) groups is 1. The lowest BCUT2D eigenvalue weighted by molar-refractivity contribution is -0.116. The number of aryl methyl sites for hydroxylation is 1. The molecular formula is C20H22Cl2N2O3S. The number of benzene rings is 2. The third-order valence-electron chi connectivity index (χ3n) is 4.74. The molecule has 28 heavy (non-hydrogen) atoms. The number of hydrogen-bond donors (Lipinski definition) is 1. The number of nitrogens with zero attached hydrogens (tertiary/aromatic N) is 1. The lowest BCUT2D eigenvalue weighted by Crippen LogP contribution is -2.35. The van der Waals surface area contributed by atoms with Crippen LogP contribution in [-0.4, -0.2) is 31.7 Å². The number of halogens is 2. The molecule has 0 saturated carbocycles. The van der Waals surface area contributed by atoms with Crippen molar-refractivity contribution >= 4 is 44.8 Å². The largest absolute Gasteiger partial charge is 0.325 e. The van der Waals surface area contributed by atoms with Gasteiger partial charge in [-0.2, -0.15) is 4.31 Å². The monoisotopic (exact) mass is 440 g/mol. The van der Waals surface area contributed by atoms with E-state index in [0.717, 1.165) is 24.8 Å². The Morgan fingerprint density at radius 3 is 2.36 bits per heavy atom. The molecule has 1 amide bonds. The fourth-order valence-corrected chi connectivity index (χ4v) is 5.02. The van der Waals surface area contributed by atoms with Gasteiger partial charge in [0, 0.05) is 19.5 Å². The zero-order chi connectivity index (χ0) is 20.1. The van der Waals surface area contributed by atoms with Gasteiger partial charge in [0.25, 0.3) is 0 Å². The number of amides is 1. The maximum atomic E-state index is 12.7. The first-order valence-corrected chi connectivity index (χ1v) is 11.4. The van der Waals surface area contributed by atoms with Crippen LogP contribution >= 0.6 is 23.2 Å². The number of anilines is 1. The van der Waals surface area contributed by atoms with E-state index in [0.29, 0.717) is 40.1 Å². The quantitative estimate of drug-likeness (QED) is 0.704. The first-order chi connectivity index (χ1) is 13.4. The second-order valence-corrected chi connectivity index (χ2v) is 9.48. The summed E-state index contributed by atoms with van der Waals surface area (Å²) in [6.45, 7) is 1.16. The third kappa shape index (κ3) is 5.06. The van der Waals surface area contributed by atoms with Gasteiger partial charge in [-0.05, 0) is 49.1 Å². The first kappa shape index (κ1) is 21.1. The van der Waals surface area contributed by atoms with Gasteiger partial charge in [0.2, 0.25) is 15.9 Å². The molecule has 1 saturated heterocycles. The highest BCUT2D eigenvalue weighted by molar-refractivity contribution is 7.89. The molecule has 8 heteroatoms. The summed E-state index contributed by atoms with van der Waals surface area (Å²) < 4.78 is 26.9. The van der Waals surface area contributed by atoms with Crippen LogP contribution in [0.1, 0.15) is 31.2 Å². The number of sulfonamides is 1. The number of hydrogen-bond acceptors (Lipinski definition) is 3. The Labute approximate surface area is 175 Å². The molecule has 0 atom stereocenters. The summed E-state index contributed by atoms with van der Waals surface area (Å²) in [5.74, 6) is -0.186. The summed E-state index contributed by atoms with van der Waals surface area (Å²) in [5, 5.41) is 3.43. The molecule has 0 bridgehead atoms. The van der Waals surface area contributed by atoms with Crippen molar-refractivity contribution in [2.45, 2.75) is 37.0 Å². The van der Waals surface area contributed by atoms with Gasteiger partial charge < -0.3 is 5.32 Å². The van der Waals surface area contributed by atoms with Gasteiger partial charge >= 0.3 is 0 Å². The van der Waals surface area contributed by atoms with Crippen molar-refractivity contribution < 1.29 is 13.2 Å². The van der Waals surface area contributed by atoms with E-state index < -0.39 is 10.0 Å². The van der Waals surface area contributed by atoms with E-state index in [2.05, 4.69) is 5.32 Å². The van der Waals surface area contributed by atoms with Gasteiger partial charge in [-0.3, -0.25) is 4.79 Å². The molecule has 2 aromatic rings. The van der Waals surface area contributed by atoms with Crippen molar-refractivity contribution in [2.24, 2.45) is 0 Å². The van der Waals surface area contributed by atoms with Gasteiger partial charge in [-0.25, -0.2) is 8.42 Å². The van der Waals surface area contributed by atoms with Gasteiger partial charge in [0.1, 0.15) is 0 Å². The third-order valence-corrected chi connectivity index (χ3v) is 7.47. The minimum Gasteiger partial charge on any atom is -0.325 e. The molecule has 1 N–H and O–H groups in total. The Bertz CT molecular complexity index is 940. The molecule has 150 valence electrons. The van der Waals surface area contributed by atoms with E-state index in [1.54, 1.807) is 46.8 Å². The Balaban J connectivity index is 1.58. The van der Waals surface area contributed by atoms with Crippen LogP contribution in [-0.2, 0) is 21.2 Å². The van der Waals surface area contributed by atoms with E-state index in [4.69, 9.17) is 23.2 Å². The number of nitrogens with one attached hydrogen (secondary N) is 1. The molecule has 0 aliphatic carbocycles. The van der Waals surface area contributed by atoms with Crippen LogP contribution in [0, 0.1) is 0 Å². The average Bonchev–Trinajstić information content (AvgIpc) is 2.71. The van der Waals surface area contributed by atoms with E-state index in [1.165, 1.54) is 0 Å². The Morgan fingerprint density at radius 1 is 1.00 bits per heavy atom. The van der Waals surface area contributed by atoms with E-state index in [9.17, 15) is 13.2 Å². The molecule has 1 aliphatic heterocycles. The Hall–Kier alpha value is -1.60. The number of rotatable bonds is 6. The van der Waals surface area contributed by atoms with Gasteiger partial charge in [-0.15, -0.1) is 0 Å². The van der Waals surface area contributed by atoms with Crippen molar-refractivity contribution in [3.05, 3.63) is 58.1 Å². The normalized spacial score (nSPS) is 15.4. The zero-order valence-corrected chi connectivity index (χ0v) is 17.7. The maximum Gasteiger partial charge on any atom is 0.243 e. The zero-order valence-electron chi connectivity index (χ0n) is 15.3. The van der Waals surface area contributed by atoms with Crippen molar-refractivity contribution in [2.75, 3.05) is 18.4 Å². The van der Waals surface area contributed by atoms with Crippen molar-refractivity contribution in [1.82, 2.24) is 4.31 Å². The van der Waals surface area contributed by atoms with Crippen LogP contribution in [0.4, 0.5) is 5.69 Å². The predicted molar refractivity (Wildman–Crippen MR) is 112 cm³/mol. The van der Waals surface area contributed by atoms with Crippen LogP contribution < -0.4 is 5.32 Å². The fraction of sp³-hybridized carbons (Fsp3) is 0.350. The fourth-order valence-electron chi connectivity index (χ4n) is 3.15. The summed E-state index contributed by atoms with van der Waals surface area (Å²) in [6.07, 6.45) is 3.63. The average molecular weight is 441 g/mol. The lowest BCUT2D eigenvalue weighted by atomic mass is 10.1. The predicted octanol–water partition coefficient (Wildman–Crippen LogP) is 4.74. The van der Waals surface area contributed by atoms with Crippen LogP contribution in [0.5, 0.6) is 0 Å². The first-order valence-electron chi connectivity index (χ1n) is 9.21. The lowest BCUT2D eigenvalue weighted by Gasteiger charge is -2.25. The minimum absolute atomic E-state index is 0.186. The summed E-state index contributed by atoms with van der Waals surface area (Å²) in [5.41, 5.74) is 1.37. The second-order valence-electron chi connectivity index (χ2n) is 6.76. The van der Waals surface area contributed by atoms with Gasteiger partial charge in [0.15, 0.2) is 0 Å². The minimum atomic E-state index is -3.43. The summed E-state index contributed by atoms with van der Waals surface area (Å²) >= 11 is 12.0. The molecule has 0 unspecified atom stereocenters. The molecule has 3 rings (SSSR count). The van der Waals surface area contributed by atoms with Crippen LogP contribution in [0.25, 0.3) is 0 Å². The van der Waals surface area contributed by atoms with Crippen molar-refractivity contribution in [3.63, 3.8) is 0 Å². The highest BCUT2D eigenvalue weighted by Gasteiger charge is 2.25. The topological polar surface area (TPSA) is 66.5 Å². The van der Waals surface area contributed by atoms with Gasteiger partial charge in [0.05, 0.1) is 20.6 Å². The Kier molecular flexibility index (Phi) is 6.99. The van der Waals surface area contributed by atoms with Crippen molar-refractivity contribution in [1.29, 1.82) is 0 Å². The molecule has 0 aromatic heterocycles. The van der Waals surface area contributed by atoms with E-state index in [-0.39, 0.29) is 12.3 Å². The molecule has 1 fully saturated rings. The molecular weight excluding hydrogens is 419 g/mol. The molecule has 0 radical (unpaired) electrons. The summed E-state index contributed by atoms with van der Waals surface area (Å²) in [4.78, 5) is 12.5. The van der Waals surface area contributed by atoms with Crippen molar-refractivity contribution in [3.8, 4) is 0 Å². The van der Waals surface area contributed by atoms with Gasteiger partial charge in [-0.1, -0.05) is 47.8 Å². The second kappa shape index (κ2) is 9.27. The summed E-state index contributed by atoms with van der Waals surface area (Å²) in [6, 6.07) is 11.8. The molecule has 2 aromatic carbocycles. The molecule has 1 heterocycles. The molecule has 1 aliphatic rings. The van der Waals surface area contributed by atoms with Crippen LogP contribution in [0.2, 0.25) is 10.0 Å². The smallest absolute Gasteiger partial charge is 0.243 e.